The van der Waals surface area contributed by atoms with Crippen LogP contribution in [0.3, 0.4) is 0 Å². The van der Waals surface area contributed by atoms with Crippen molar-refractivity contribution < 1.29 is 8.42 Å². The largest absolute Gasteiger partial charge is 0.244 e. The zero-order valence-electron chi connectivity index (χ0n) is 18.3. The molecule has 1 aromatic heterocycles. The van der Waals surface area contributed by atoms with Crippen molar-refractivity contribution in [3.63, 3.8) is 0 Å². The van der Waals surface area contributed by atoms with Crippen molar-refractivity contribution in [2.24, 2.45) is 5.92 Å². The highest BCUT2D eigenvalue weighted by Crippen LogP contribution is 2.18. The van der Waals surface area contributed by atoms with Crippen molar-refractivity contribution in [1.29, 1.82) is 0 Å². The van der Waals surface area contributed by atoms with Gasteiger partial charge in [0.15, 0.2) is 0 Å². The maximum atomic E-state index is 13.0. The Balaban J connectivity index is 2.52. The van der Waals surface area contributed by atoms with Crippen LogP contribution in [0.4, 0.5) is 0 Å². The maximum Gasteiger partial charge on any atom is 0.214 e. The summed E-state index contributed by atoms with van der Waals surface area (Å²) >= 11 is 0. The topological polar surface area (TPSA) is 63.2 Å². The second-order valence-electron chi connectivity index (χ2n) is 7.87. The average Bonchev–Trinajstić information content (AvgIpc) is 2.70. The van der Waals surface area contributed by atoms with Gasteiger partial charge in [-0.2, -0.15) is 4.31 Å². The van der Waals surface area contributed by atoms with E-state index in [1.165, 1.54) is 51.3 Å². The predicted octanol–water partition coefficient (Wildman–Crippen LogP) is 5.58. The summed E-state index contributed by atoms with van der Waals surface area (Å²) in [4.78, 5) is 8.06. The van der Waals surface area contributed by atoms with Gasteiger partial charge in [-0.05, 0) is 12.3 Å². The second-order valence-corrected chi connectivity index (χ2v) is 9.88. The van der Waals surface area contributed by atoms with Crippen LogP contribution < -0.4 is 0 Å². The molecule has 6 heteroatoms. The molecule has 0 aromatic carbocycles. The molecule has 0 unspecified atom stereocenters. The van der Waals surface area contributed by atoms with Crippen LogP contribution in [0.2, 0.25) is 0 Å². The molecule has 1 rings (SSSR count). The molecular formula is C22H41N3O2S. The van der Waals surface area contributed by atoms with E-state index in [1.807, 2.05) is 0 Å². The maximum absolute atomic E-state index is 13.0. The first kappa shape index (κ1) is 25.0. The molecule has 0 fully saturated rings. The highest BCUT2D eigenvalue weighted by atomic mass is 32.2. The van der Waals surface area contributed by atoms with E-state index in [9.17, 15) is 8.42 Å². The van der Waals surface area contributed by atoms with Gasteiger partial charge in [-0.15, -0.1) is 0 Å². The Bertz CT molecular complexity index is 589. The van der Waals surface area contributed by atoms with Crippen LogP contribution in [0.5, 0.6) is 0 Å². The number of rotatable bonds is 17. The van der Waals surface area contributed by atoms with Crippen molar-refractivity contribution in [2.75, 3.05) is 12.3 Å². The molecular weight excluding hydrogens is 370 g/mol. The molecule has 162 valence electrons. The molecule has 28 heavy (non-hydrogen) atoms. The fraction of sp³-hybridized carbons (Fsp3) is 0.818. The molecule has 0 atom stereocenters. The number of sulfonamides is 1. The summed E-state index contributed by atoms with van der Waals surface area (Å²) in [6.45, 7) is 7.34. The Morgan fingerprint density at radius 3 is 1.93 bits per heavy atom. The predicted molar refractivity (Wildman–Crippen MR) is 118 cm³/mol. The summed E-state index contributed by atoms with van der Waals surface area (Å²) < 4.78 is 27.7. The lowest BCUT2D eigenvalue weighted by Crippen LogP contribution is -2.35. The monoisotopic (exact) mass is 411 g/mol. The van der Waals surface area contributed by atoms with Crippen LogP contribution in [0.15, 0.2) is 18.7 Å². The van der Waals surface area contributed by atoms with Gasteiger partial charge in [0.1, 0.15) is 6.33 Å². The van der Waals surface area contributed by atoms with Crippen molar-refractivity contribution in [1.82, 2.24) is 14.3 Å². The third-order valence-corrected chi connectivity index (χ3v) is 7.47. The third-order valence-electron chi connectivity index (χ3n) is 5.48. The average molecular weight is 412 g/mol. The quantitative estimate of drug-likeness (QED) is 0.314. The summed E-state index contributed by atoms with van der Waals surface area (Å²) in [7, 11) is -3.27. The van der Waals surface area contributed by atoms with Crippen LogP contribution >= 0.6 is 0 Å². The summed E-state index contributed by atoms with van der Waals surface area (Å²) in [6, 6.07) is 0. The first-order valence-electron chi connectivity index (χ1n) is 11.2. The Kier molecular flexibility index (Phi) is 13.3. The zero-order valence-corrected chi connectivity index (χ0v) is 19.1. The van der Waals surface area contributed by atoms with Crippen LogP contribution in [-0.4, -0.2) is 35.0 Å². The van der Waals surface area contributed by atoms with E-state index in [-0.39, 0.29) is 11.7 Å². The number of unbranched alkanes of at least 4 members (excludes halogenated alkanes) is 8. The Morgan fingerprint density at radius 2 is 1.39 bits per heavy atom. The van der Waals surface area contributed by atoms with Crippen LogP contribution in [0.25, 0.3) is 0 Å². The van der Waals surface area contributed by atoms with Crippen molar-refractivity contribution in [3.8, 4) is 0 Å². The molecule has 0 N–H and O–H groups in total. The van der Waals surface area contributed by atoms with E-state index in [0.717, 1.165) is 31.2 Å². The Labute approximate surface area is 173 Å². The lowest BCUT2D eigenvalue weighted by molar-refractivity contribution is 0.382. The van der Waals surface area contributed by atoms with Gasteiger partial charge in [-0.25, -0.2) is 18.4 Å². The molecule has 1 aromatic rings. The van der Waals surface area contributed by atoms with Crippen molar-refractivity contribution in [3.05, 3.63) is 24.3 Å². The van der Waals surface area contributed by atoms with Gasteiger partial charge in [0.2, 0.25) is 10.0 Å². The van der Waals surface area contributed by atoms with Gasteiger partial charge in [-0.1, -0.05) is 85.0 Å². The van der Waals surface area contributed by atoms with Gasteiger partial charge in [0.25, 0.3) is 0 Å². The molecule has 0 amide bonds. The second kappa shape index (κ2) is 14.9. The number of hydrogen-bond donors (Lipinski definition) is 0. The lowest BCUT2D eigenvalue weighted by atomic mass is 10.1. The molecule has 0 aliphatic carbocycles. The van der Waals surface area contributed by atoms with E-state index in [1.54, 1.807) is 16.7 Å². The third kappa shape index (κ3) is 10.5. The minimum absolute atomic E-state index is 0.225. The van der Waals surface area contributed by atoms with Crippen molar-refractivity contribution >= 4 is 10.0 Å². The minimum Gasteiger partial charge on any atom is -0.244 e. The summed E-state index contributed by atoms with van der Waals surface area (Å²) in [6.07, 6.45) is 17.8. The van der Waals surface area contributed by atoms with Gasteiger partial charge < -0.3 is 0 Å². The number of nitrogens with zero attached hydrogens (tertiary/aromatic N) is 3. The summed E-state index contributed by atoms with van der Waals surface area (Å²) in [5, 5.41) is 0. The first-order chi connectivity index (χ1) is 13.5. The van der Waals surface area contributed by atoms with E-state index in [4.69, 9.17) is 0 Å². The molecule has 0 saturated carbocycles. The molecule has 0 radical (unpaired) electrons. The highest BCUT2D eigenvalue weighted by Gasteiger charge is 2.25. The van der Waals surface area contributed by atoms with E-state index in [2.05, 4.69) is 30.7 Å². The highest BCUT2D eigenvalue weighted by molar-refractivity contribution is 7.89. The van der Waals surface area contributed by atoms with Gasteiger partial charge in [0, 0.05) is 31.0 Å². The fourth-order valence-electron chi connectivity index (χ4n) is 3.46. The molecule has 1 heterocycles. The Morgan fingerprint density at radius 1 is 0.857 bits per heavy atom. The molecule has 0 bridgehead atoms. The van der Waals surface area contributed by atoms with E-state index in [0.29, 0.717) is 13.1 Å². The Hall–Kier alpha value is -1.01. The molecule has 0 aliphatic heterocycles. The summed E-state index contributed by atoms with van der Waals surface area (Å²) in [5.74, 6) is 0.466. The standard InChI is InChI=1S/C22H41N3O2S/c1-4-7-8-9-10-11-12-13-14-15-25(18-22-16-23-20-24-17-22)28(26,27)19-21(5-2)6-3/h16-17,20-21H,4-15,18-19H2,1-3H3. The van der Waals surface area contributed by atoms with Crippen LogP contribution in [0.1, 0.15) is 97.0 Å². The zero-order chi connectivity index (χ0) is 20.7. The van der Waals surface area contributed by atoms with E-state index < -0.39 is 10.0 Å². The SMILES string of the molecule is CCCCCCCCCCCN(Cc1cncnc1)S(=O)(=O)CC(CC)CC. The van der Waals surface area contributed by atoms with Gasteiger partial charge in [-0.3, -0.25) is 0 Å². The summed E-state index contributed by atoms with van der Waals surface area (Å²) in [5.41, 5.74) is 0.853. The number of hydrogen-bond acceptors (Lipinski definition) is 4. The smallest absolute Gasteiger partial charge is 0.214 e. The molecule has 0 aliphatic rings. The van der Waals surface area contributed by atoms with Gasteiger partial charge in [0.05, 0.1) is 5.75 Å². The van der Waals surface area contributed by atoms with Crippen LogP contribution in [0, 0.1) is 5.92 Å². The van der Waals surface area contributed by atoms with E-state index >= 15 is 0 Å². The first-order valence-corrected chi connectivity index (χ1v) is 12.9. The molecule has 0 spiro atoms. The minimum atomic E-state index is -3.27. The lowest BCUT2D eigenvalue weighted by Gasteiger charge is -2.24. The van der Waals surface area contributed by atoms with Crippen molar-refractivity contribution in [2.45, 2.75) is 97.9 Å². The fourth-order valence-corrected chi connectivity index (χ4v) is 5.49. The van der Waals surface area contributed by atoms with Gasteiger partial charge >= 0.3 is 0 Å². The normalized spacial score (nSPS) is 12.2. The van der Waals surface area contributed by atoms with Crippen LogP contribution in [-0.2, 0) is 16.6 Å². The molecule has 0 saturated heterocycles. The number of aromatic nitrogens is 2. The molecule has 5 nitrogen and oxygen atoms in total.